The molecule has 2 unspecified atom stereocenters. The first kappa shape index (κ1) is 32.5. The lowest BCUT2D eigenvalue weighted by molar-refractivity contribution is 0.668. The molecule has 2 atom stereocenters. The fraction of sp³-hybridized carbons (Fsp3) is 0.0980. The van der Waals surface area contributed by atoms with Crippen LogP contribution < -0.4 is 5.32 Å². The van der Waals surface area contributed by atoms with Crippen LogP contribution >= 0.6 is 0 Å². The third-order valence-electron chi connectivity index (χ3n) is 11.5. The molecule has 5 nitrogen and oxygen atoms in total. The zero-order valence-electron chi connectivity index (χ0n) is 30.8. The molecular weight excluding hydrogens is 685 g/mol. The Labute approximate surface area is 325 Å². The highest BCUT2D eigenvalue weighted by atomic mass is 16.3. The first-order valence-electron chi connectivity index (χ1n) is 19.5. The number of allylic oxidation sites excluding steroid dienone is 6. The van der Waals surface area contributed by atoms with E-state index in [1.165, 1.54) is 38.5 Å². The molecule has 0 fully saturated rings. The Hall–Kier alpha value is -6.98. The van der Waals surface area contributed by atoms with E-state index in [1.807, 2.05) is 18.2 Å². The lowest BCUT2D eigenvalue weighted by Gasteiger charge is -2.27. The van der Waals surface area contributed by atoms with Gasteiger partial charge in [-0.2, -0.15) is 0 Å². The molecule has 2 aromatic heterocycles. The number of hydrogen-bond donors (Lipinski definition) is 1. The van der Waals surface area contributed by atoms with Gasteiger partial charge in [-0.05, 0) is 71.9 Å². The van der Waals surface area contributed by atoms with E-state index in [-0.39, 0.29) is 12.1 Å². The number of aromatic nitrogens is 1. The third-order valence-corrected chi connectivity index (χ3v) is 11.5. The van der Waals surface area contributed by atoms with Crippen LogP contribution in [-0.4, -0.2) is 22.4 Å². The van der Waals surface area contributed by atoms with Gasteiger partial charge in [0.15, 0.2) is 5.84 Å². The number of hydrogen-bond acceptors (Lipinski definition) is 4. The minimum Gasteiger partial charge on any atom is -0.456 e. The Bertz CT molecular complexity index is 3030. The lowest BCUT2D eigenvalue weighted by atomic mass is 9.88. The Balaban J connectivity index is 1.03. The molecule has 0 saturated heterocycles. The number of rotatable bonds is 6. The zero-order valence-corrected chi connectivity index (χ0v) is 30.8. The van der Waals surface area contributed by atoms with E-state index in [4.69, 9.17) is 14.4 Å². The van der Waals surface area contributed by atoms with E-state index < -0.39 is 0 Å². The molecule has 8 aromatic rings. The summed E-state index contributed by atoms with van der Waals surface area (Å²) in [7, 11) is 0. The average Bonchev–Trinajstić information content (AvgIpc) is 3.82. The minimum atomic E-state index is -0.305. The third kappa shape index (κ3) is 5.54. The summed E-state index contributed by atoms with van der Waals surface area (Å²) in [4.78, 5) is 10.4. The van der Waals surface area contributed by atoms with Crippen LogP contribution in [0.3, 0.4) is 0 Å². The van der Waals surface area contributed by atoms with Crippen LogP contribution in [0.1, 0.15) is 47.4 Å². The highest BCUT2D eigenvalue weighted by Crippen LogP contribution is 2.38. The highest BCUT2D eigenvalue weighted by molar-refractivity contribution is 6.22. The normalized spacial score (nSPS) is 18.2. The second-order valence-corrected chi connectivity index (χ2v) is 14.9. The smallest absolute Gasteiger partial charge is 0.159 e. The lowest BCUT2D eigenvalue weighted by Crippen LogP contribution is -2.40. The fourth-order valence-corrected chi connectivity index (χ4v) is 8.74. The van der Waals surface area contributed by atoms with Gasteiger partial charge in [-0.1, -0.05) is 140 Å². The van der Waals surface area contributed by atoms with Crippen LogP contribution in [0.5, 0.6) is 0 Å². The molecule has 0 spiro atoms. The molecular formula is C51H38N4O. The molecule has 5 heteroatoms. The van der Waals surface area contributed by atoms with Gasteiger partial charge < -0.3 is 14.3 Å². The van der Waals surface area contributed by atoms with Crippen molar-refractivity contribution in [1.82, 2.24) is 9.88 Å². The topological polar surface area (TPSA) is 54.8 Å². The number of amidine groups is 2. The molecule has 1 aliphatic heterocycles. The first-order chi connectivity index (χ1) is 27.7. The van der Waals surface area contributed by atoms with Gasteiger partial charge in [-0.3, -0.25) is 0 Å². The second-order valence-electron chi connectivity index (χ2n) is 14.9. The van der Waals surface area contributed by atoms with Gasteiger partial charge in [0.05, 0.1) is 11.0 Å². The van der Waals surface area contributed by atoms with Crippen molar-refractivity contribution in [1.29, 1.82) is 0 Å². The number of aliphatic imine (C=N–C) groups is 2. The summed E-state index contributed by atoms with van der Waals surface area (Å²) in [6, 6.07) is 49.5. The van der Waals surface area contributed by atoms with E-state index in [2.05, 4.69) is 168 Å². The molecule has 6 aromatic carbocycles. The number of fused-ring (bicyclic) bond motifs is 6. The fourth-order valence-electron chi connectivity index (χ4n) is 8.74. The largest absolute Gasteiger partial charge is 0.456 e. The van der Waals surface area contributed by atoms with Gasteiger partial charge in [0.1, 0.15) is 23.2 Å². The predicted molar refractivity (Wildman–Crippen MR) is 232 cm³/mol. The van der Waals surface area contributed by atoms with E-state index >= 15 is 0 Å². The van der Waals surface area contributed by atoms with Crippen molar-refractivity contribution in [2.24, 2.45) is 9.98 Å². The monoisotopic (exact) mass is 722 g/mol. The number of nitrogens with one attached hydrogen (secondary N) is 1. The van der Waals surface area contributed by atoms with Crippen LogP contribution in [0.25, 0.3) is 55.0 Å². The SMILES string of the molecule is C1=CCCC(c2ccc3c4ccccc4n(-c4ccc5c(c4)oc4cccc(C6=NC(c7ccccc7)=NC(C7=CC(c8ccccc8)CC=C7)N6)c45)c3c2)=C1. The van der Waals surface area contributed by atoms with E-state index in [0.29, 0.717) is 5.84 Å². The van der Waals surface area contributed by atoms with Gasteiger partial charge in [0.25, 0.3) is 0 Å². The summed E-state index contributed by atoms with van der Waals surface area (Å²) in [5.74, 6) is 1.77. The molecule has 268 valence electrons. The van der Waals surface area contributed by atoms with Crippen LogP contribution in [0.2, 0.25) is 0 Å². The molecule has 3 aliphatic rings. The summed E-state index contributed by atoms with van der Waals surface area (Å²) in [6.07, 6.45) is 16.3. The maximum Gasteiger partial charge on any atom is 0.159 e. The highest BCUT2D eigenvalue weighted by Gasteiger charge is 2.26. The Morgan fingerprint density at radius 2 is 1.50 bits per heavy atom. The van der Waals surface area contributed by atoms with Gasteiger partial charge in [0.2, 0.25) is 0 Å². The number of nitrogens with zero attached hydrogens (tertiary/aromatic N) is 3. The van der Waals surface area contributed by atoms with Crippen LogP contribution in [0, 0.1) is 0 Å². The quantitative estimate of drug-likeness (QED) is 0.186. The van der Waals surface area contributed by atoms with E-state index in [9.17, 15) is 0 Å². The Morgan fingerprint density at radius 3 is 2.38 bits per heavy atom. The molecule has 11 rings (SSSR count). The van der Waals surface area contributed by atoms with Gasteiger partial charge in [0, 0.05) is 50.3 Å². The standard InChI is InChI=1S/C51H38N4O/c1-4-14-33(15-5-1)36-20-12-21-38(30-36)50-52-49(35-18-8-3-9-19-35)53-51(54-50)43-23-13-25-46-48(43)42-29-27-39(32-47(42)56-46)55-44-24-11-10-22-40(44)41-28-26-37(31-45(41)55)34-16-6-2-7-17-34/h1-6,8-16,18-19,21-32,36,50H,7,17,20H2,(H,52,53,54). The van der Waals surface area contributed by atoms with Crippen molar-refractivity contribution < 1.29 is 4.42 Å². The summed E-state index contributed by atoms with van der Waals surface area (Å²) in [5, 5.41) is 8.32. The van der Waals surface area contributed by atoms with Gasteiger partial charge >= 0.3 is 0 Å². The van der Waals surface area contributed by atoms with Crippen LogP contribution in [0.15, 0.2) is 196 Å². The maximum absolute atomic E-state index is 6.72. The molecule has 56 heavy (non-hydrogen) atoms. The molecule has 0 bridgehead atoms. The second kappa shape index (κ2) is 13.4. The Morgan fingerprint density at radius 1 is 0.679 bits per heavy atom. The molecule has 0 saturated carbocycles. The van der Waals surface area contributed by atoms with Gasteiger partial charge in [-0.15, -0.1) is 0 Å². The van der Waals surface area contributed by atoms with Gasteiger partial charge in [-0.25, -0.2) is 9.98 Å². The summed E-state index contributed by atoms with van der Waals surface area (Å²) >= 11 is 0. The minimum absolute atomic E-state index is 0.286. The van der Waals surface area contributed by atoms with Crippen LogP contribution in [0.4, 0.5) is 0 Å². The van der Waals surface area contributed by atoms with Crippen molar-refractivity contribution in [2.45, 2.75) is 31.3 Å². The van der Waals surface area contributed by atoms with Crippen molar-refractivity contribution in [2.75, 3.05) is 0 Å². The maximum atomic E-state index is 6.72. The summed E-state index contributed by atoms with van der Waals surface area (Å²) < 4.78 is 9.10. The Kier molecular flexibility index (Phi) is 7.76. The molecule has 0 radical (unpaired) electrons. The first-order valence-corrected chi connectivity index (χ1v) is 19.5. The average molecular weight is 723 g/mol. The van der Waals surface area contributed by atoms with Crippen molar-refractivity contribution in [3.05, 3.63) is 204 Å². The van der Waals surface area contributed by atoms with Crippen molar-refractivity contribution >= 4 is 61.0 Å². The molecule has 0 amide bonds. The number of benzene rings is 6. The number of furan rings is 1. The number of para-hydroxylation sites is 1. The molecule has 2 aliphatic carbocycles. The van der Waals surface area contributed by atoms with Crippen molar-refractivity contribution in [3.63, 3.8) is 0 Å². The van der Waals surface area contributed by atoms with E-state index in [1.54, 1.807) is 0 Å². The van der Waals surface area contributed by atoms with E-state index in [0.717, 1.165) is 69.4 Å². The summed E-state index contributed by atoms with van der Waals surface area (Å²) in [6.45, 7) is 0. The molecule has 3 heterocycles. The van der Waals surface area contributed by atoms with Crippen molar-refractivity contribution in [3.8, 4) is 5.69 Å². The predicted octanol–water partition coefficient (Wildman–Crippen LogP) is 12.2. The summed E-state index contributed by atoms with van der Waals surface area (Å²) in [5.41, 5.74) is 12.1. The zero-order chi connectivity index (χ0) is 37.0. The molecule has 1 N–H and O–H groups in total. The van der Waals surface area contributed by atoms with Crippen LogP contribution in [-0.2, 0) is 0 Å².